The molecule has 0 spiro atoms. The second-order valence-corrected chi connectivity index (χ2v) is 4.98. The zero-order chi connectivity index (χ0) is 12.3. The van der Waals surface area contributed by atoms with Crippen LogP contribution in [0.25, 0.3) is 0 Å². The number of esters is 1. The maximum atomic E-state index is 12.7. The number of hydrogen-bond acceptors (Lipinski definition) is 3. The number of carbonyl (C=O) groups is 1. The molecule has 88 valence electrons. The van der Waals surface area contributed by atoms with E-state index >= 15 is 0 Å². The Morgan fingerprint density at radius 2 is 2.19 bits per heavy atom. The van der Waals surface area contributed by atoms with Gasteiger partial charge in [-0.1, -0.05) is 0 Å². The Morgan fingerprint density at radius 3 is 2.69 bits per heavy atom. The molecule has 0 atom stereocenters. The standard InChI is InChI=1S/C9H7F2I2NO2/c1-2-16-9(15)6-4(12)3-5(13)14-7(6)8(10)11/h3,8H,2H2,1H3. The van der Waals surface area contributed by atoms with E-state index in [9.17, 15) is 13.6 Å². The highest BCUT2D eigenvalue weighted by molar-refractivity contribution is 14.1. The van der Waals surface area contributed by atoms with E-state index in [2.05, 4.69) is 4.98 Å². The van der Waals surface area contributed by atoms with Gasteiger partial charge in [-0.15, -0.1) is 0 Å². The van der Waals surface area contributed by atoms with Crippen LogP contribution in [0.5, 0.6) is 0 Å². The van der Waals surface area contributed by atoms with E-state index in [0.29, 0.717) is 7.27 Å². The number of aromatic nitrogens is 1. The third-order valence-electron chi connectivity index (χ3n) is 1.65. The van der Waals surface area contributed by atoms with E-state index in [4.69, 9.17) is 4.74 Å². The average Bonchev–Trinajstić information content (AvgIpc) is 2.16. The van der Waals surface area contributed by atoms with Crippen molar-refractivity contribution in [2.45, 2.75) is 13.3 Å². The highest BCUT2D eigenvalue weighted by Crippen LogP contribution is 2.26. The Morgan fingerprint density at radius 1 is 1.56 bits per heavy atom. The number of halogens is 4. The summed E-state index contributed by atoms with van der Waals surface area (Å²) in [6, 6.07) is 1.55. The smallest absolute Gasteiger partial charge is 0.341 e. The van der Waals surface area contributed by atoms with Crippen molar-refractivity contribution in [3.63, 3.8) is 0 Å². The Labute approximate surface area is 118 Å². The van der Waals surface area contributed by atoms with Crippen LogP contribution in [0.3, 0.4) is 0 Å². The van der Waals surface area contributed by atoms with Crippen molar-refractivity contribution in [2.75, 3.05) is 6.61 Å². The summed E-state index contributed by atoms with van der Waals surface area (Å²) < 4.78 is 31.0. The van der Waals surface area contributed by atoms with Crippen LogP contribution in [0.2, 0.25) is 0 Å². The molecule has 1 aromatic rings. The first-order chi connectivity index (χ1) is 7.47. The lowest BCUT2D eigenvalue weighted by Crippen LogP contribution is -2.13. The molecule has 0 aromatic carbocycles. The monoisotopic (exact) mass is 453 g/mol. The molecular formula is C9H7F2I2NO2. The second kappa shape index (κ2) is 6.03. The van der Waals surface area contributed by atoms with Crippen molar-refractivity contribution in [1.82, 2.24) is 4.98 Å². The number of alkyl halides is 2. The molecule has 1 heterocycles. The Bertz CT molecular complexity index is 413. The van der Waals surface area contributed by atoms with E-state index in [1.54, 1.807) is 13.0 Å². The number of pyridine rings is 1. The largest absolute Gasteiger partial charge is 0.462 e. The van der Waals surface area contributed by atoms with Gasteiger partial charge >= 0.3 is 5.97 Å². The van der Waals surface area contributed by atoms with Crippen molar-refractivity contribution in [2.24, 2.45) is 0 Å². The average molecular weight is 453 g/mol. The van der Waals surface area contributed by atoms with Crippen LogP contribution in [0.1, 0.15) is 29.4 Å². The van der Waals surface area contributed by atoms with E-state index in [1.165, 1.54) is 0 Å². The molecule has 0 aliphatic carbocycles. The van der Waals surface area contributed by atoms with Crippen molar-refractivity contribution in [3.05, 3.63) is 24.6 Å². The predicted molar refractivity (Wildman–Crippen MR) is 70.6 cm³/mol. The Hall–Kier alpha value is -0.0600. The third-order valence-corrected chi connectivity index (χ3v) is 3.06. The van der Waals surface area contributed by atoms with Gasteiger partial charge in [0.25, 0.3) is 6.43 Å². The summed E-state index contributed by atoms with van der Waals surface area (Å²) in [5, 5.41) is 0. The topological polar surface area (TPSA) is 39.2 Å². The van der Waals surface area contributed by atoms with Gasteiger partial charge in [-0.3, -0.25) is 0 Å². The van der Waals surface area contributed by atoms with E-state index < -0.39 is 18.1 Å². The number of hydrogen-bond donors (Lipinski definition) is 0. The molecule has 1 aromatic heterocycles. The summed E-state index contributed by atoms with van der Waals surface area (Å²) in [5.74, 6) is -0.758. The minimum Gasteiger partial charge on any atom is -0.462 e. The minimum absolute atomic E-state index is 0.141. The van der Waals surface area contributed by atoms with Gasteiger partial charge in [-0.05, 0) is 58.2 Å². The van der Waals surface area contributed by atoms with Gasteiger partial charge in [-0.25, -0.2) is 18.6 Å². The highest BCUT2D eigenvalue weighted by atomic mass is 127. The minimum atomic E-state index is -2.79. The fourth-order valence-electron chi connectivity index (χ4n) is 1.07. The molecule has 0 aliphatic heterocycles. The summed E-state index contributed by atoms with van der Waals surface area (Å²) >= 11 is 3.65. The third kappa shape index (κ3) is 3.22. The van der Waals surface area contributed by atoms with Gasteiger partial charge in [0.1, 0.15) is 15.0 Å². The molecule has 0 fully saturated rings. The fraction of sp³-hybridized carbons (Fsp3) is 0.333. The second-order valence-electron chi connectivity index (χ2n) is 2.71. The number of rotatable bonds is 3. The molecular weight excluding hydrogens is 446 g/mol. The van der Waals surface area contributed by atoms with Crippen molar-refractivity contribution < 1.29 is 18.3 Å². The first-order valence-corrected chi connectivity index (χ1v) is 6.44. The molecule has 0 N–H and O–H groups in total. The Balaban J connectivity index is 3.29. The van der Waals surface area contributed by atoms with Gasteiger partial charge < -0.3 is 4.74 Å². The SMILES string of the molecule is CCOC(=O)c1c(I)cc(I)nc1C(F)F. The molecule has 0 saturated carbocycles. The summed E-state index contributed by atoms with van der Waals surface area (Å²) in [7, 11) is 0. The van der Waals surface area contributed by atoms with Crippen molar-refractivity contribution in [3.8, 4) is 0 Å². The molecule has 3 nitrogen and oxygen atoms in total. The predicted octanol–water partition coefficient (Wildman–Crippen LogP) is 3.41. The zero-order valence-corrected chi connectivity index (χ0v) is 12.5. The molecule has 0 aliphatic rings. The zero-order valence-electron chi connectivity index (χ0n) is 8.14. The van der Waals surface area contributed by atoms with Gasteiger partial charge in [0.15, 0.2) is 0 Å². The van der Waals surface area contributed by atoms with Crippen molar-refractivity contribution >= 4 is 51.2 Å². The molecule has 0 amide bonds. The van der Waals surface area contributed by atoms with Gasteiger partial charge in [-0.2, -0.15) is 0 Å². The van der Waals surface area contributed by atoms with E-state index in [0.717, 1.165) is 0 Å². The van der Waals surface area contributed by atoms with Gasteiger partial charge in [0.2, 0.25) is 0 Å². The molecule has 16 heavy (non-hydrogen) atoms. The summed E-state index contributed by atoms with van der Waals surface area (Å²) in [4.78, 5) is 15.2. The van der Waals surface area contributed by atoms with E-state index in [-0.39, 0.29) is 12.2 Å². The normalized spacial score (nSPS) is 10.6. The van der Waals surface area contributed by atoms with Crippen LogP contribution in [-0.2, 0) is 4.74 Å². The first kappa shape index (κ1) is 14.0. The van der Waals surface area contributed by atoms with Crippen LogP contribution in [0.4, 0.5) is 8.78 Å². The van der Waals surface area contributed by atoms with Crippen LogP contribution in [0.15, 0.2) is 6.07 Å². The quantitative estimate of drug-likeness (QED) is 0.401. The number of nitrogens with zero attached hydrogens (tertiary/aromatic N) is 1. The van der Waals surface area contributed by atoms with Crippen LogP contribution in [0, 0.1) is 7.27 Å². The van der Waals surface area contributed by atoms with Crippen molar-refractivity contribution in [1.29, 1.82) is 0 Å². The van der Waals surface area contributed by atoms with Crippen LogP contribution in [-0.4, -0.2) is 17.6 Å². The lowest BCUT2D eigenvalue weighted by atomic mass is 10.2. The summed E-state index contributed by atoms with van der Waals surface area (Å²) in [5.41, 5.74) is -0.660. The molecule has 0 saturated heterocycles. The first-order valence-electron chi connectivity index (χ1n) is 4.28. The fourth-order valence-corrected chi connectivity index (χ4v) is 3.02. The Kier molecular flexibility index (Phi) is 5.28. The number of ether oxygens (including phenoxy) is 1. The molecule has 1 rings (SSSR count). The highest BCUT2D eigenvalue weighted by Gasteiger charge is 2.24. The van der Waals surface area contributed by atoms with Gasteiger partial charge in [0, 0.05) is 3.57 Å². The van der Waals surface area contributed by atoms with Crippen LogP contribution >= 0.6 is 45.2 Å². The maximum Gasteiger partial charge on any atom is 0.341 e. The lowest BCUT2D eigenvalue weighted by molar-refractivity contribution is 0.0512. The summed E-state index contributed by atoms with van der Waals surface area (Å²) in [6.45, 7) is 1.76. The molecule has 0 unspecified atom stereocenters. The molecule has 0 radical (unpaired) electrons. The molecule has 7 heteroatoms. The number of carbonyl (C=O) groups excluding carboxylic acids is 1. The summed E-state index contributed by atoms with van der Waals surface area (Å²) in [6.07, 6.45) is -2.79. The van der Waals surface area contributed by atoms with Gasteiger partial charge in [0.05, 0.1) is 6.61 Å². The van der Waals surface area contributed by atoms with E-state index in [1.807, 2.05) is 45.2 Å². The lowest BCUT2D eigenvalue weighted by Gasteiger charge is -2.09. The molecule has 0 bridgehead atoms. The maximum absolute atomic E-state index is 12.7. The van der Waals surface area contributed by atoms with Crippen LogP contribution < -0.4 is 0 Å².